The molecule has 0 unspecified atom stereocenters. The third-order valence-electron chi connectivity index (χ3n) is 4.81. The molecule has 1 nitrogen and oxygen atoms in total. The lowest BCUT2D eigenvalue weighted by atomic mass is 9.82. The predicted octanol–water partition coefficient (Wildman–Crippen LogP) is 5.17. The van der Waals surface area contributed by atoms with Gasteiger partial charge in [-0.2, -0.15) is 4.58 Å². The number of aryl methyl sites for hydroxylation is 1. The summed E-state index contributed by atoms with van der Waals surface area (Å²) in [7, 11) is 0. The molecule has 0 fully saturated rings. The van der Waals surface area contributed by atoms with E-state index in [1.54, 1.807) is 0 Å². The van der Waals surface area contributed by atoms with Crippen molar-refractivity contribution in [3.63, 3.8) is 0 Å². The summed E-state index contributed by atoms with van der Waals surface area (Å²) in [6.07, 6.45) is 3.74. The molecule has 0 bridgehead atoms. The lowest BCUT2D eigenvalue weighted by molar-refractivity contribution is -0.439. The van der Waals surface area contributed by atoms with E-state index in [2.05, 4.69) is 67.1 Å². The van der Waals surface area contributed by atoms with Gasteiger partial charge in [0.2, 0.25) is 5.69 Å². The topological polar surface area (TPSA) is 3.01 Å². The highest BCUT2D eigenvalue weighted by atomic mass is 32.1. The summed E-state index contributed by atoms with van der Waals surface area (Å²) in [5.74, 6) is 0. The van der Waals surface area contributed by atoms with E-state index in [1.807, 2.05) is 11.3 Å². The van der Waals surface area contributed by atoms with Gasteiger partial charge in [-0.3, -0.25) is 0 Å². The molecule has 21 heavy (non-hydrogen) atoms. The number of para-hydroxylation sites is 1. The molecule has 0 amide bonds. The molecule has 110 valence electrons. The maximum Gasteiger partial charge on any atom is 0.209 e. The molecule has 1 aliphatic rings. The Morgan fingerprint density at radius 2 is 1.86 bits per heavy atom. The Balaban J connectivity index is 1.69. The van der Waals surface area contributed by atoms with Crippen LogP contribution < -0.4 is 0 Å². The summed E-state index contributed by atoms with van der Waals surface area (Å²) >= 11 is 1.88. The minimum atomic E-state index is 0.171. The Hall–Kier alpha value is -1.41. The van der Waals surface area contributed by atoms with Crippen LogP contribution in [-0.4, -0.2) is 16.8 Å². The Kier molecular flexibility index (Phi) is 3.99. The van der Waals surface area contributed by atoms with Crippen LogP contribution in [-0.2, 0) is 11.8 Å². The number of hydrogen-bond donors (Lipinski definition) is 0. The van der Waals surface area contributed by atoms with Crippen molar-refractivity contribution in [2.75, 3.05) is 6.54 Å². The van der Waals surface area contributed by atoms with E-state index in [0.29, 0.717) is 0 Å². The zero-order valence-corrected chi connectivity index (χ0v) is 14.0. The maximum atomic E-state index is 2.53. The van der Waals surface area contributed by atoms with Crippen LogP contribution in [0.5, 0.6) is 0 Å². The third kappa shape index (κ3) is 2.69. The van der Waals surface area contributed by atoms with Crippen molar-refractivity contribution in [3.05, 3.63) is 52.2 Å². The van der Waals surface area contributed by atoms with E-state index in [4.69, 9.17) is 0 Å². The molecule has 2 heteroatoms. The molecule has 0 spiro atoms. The fourth-order valence-electron chi connectivity index (χ4n) is 3.26. The molecule has 1 aliphatic heterocycles. The number of hydrogen-bond acceptors (Lipinski definition) is 1. The highest BCUT2D eigenvalue weighted by molar-refractivity contribution is 7.09. The molecular formula is C19H24NS+. The Labute approximate surface area is 132 Å². The first-order valence-corrected chi connectivity index (χ1v) is 8.72. The number of nitrogens with zero attached hydrogens (tertiary/aromatic N) is 1. The van der Waals surface area contributed by atoms with Gasteiger partial charge < -0.3 is 0 Å². The fourth-order valence-corrected chi connectivity index (χ4v) is 4.01. The normalized spacial score (nSPS) is 16.3. The molecule has 0 N–H and O–H groups in total. The van der Waals surface area contributed by atoms with Crippen molar-refractivity contribution in [3.8, 4) is 0 Å². The number of thiophene rings is 1. The highest BCUT2D eigenvalue weighted by Gasteiger charge is 2.42. The summed E-state index contributed by atoms with van der Waals surface area (Å²) in [5.41, 5.74) is 4.54. The van der Waals surface area contributed by atoms with E-state index in [9.17, 15) is 0 Å². The predicted molar refractivity (Wildman–Crippen MR) is 92.2 cm³/mol. The quantitative estimate of drug-likeness (QED) is 0.529. The van der Waals surface area contributed by atoms with Gasteiger partial charge >= 0.3 is 0 Å². The van der Waals surface area contributed by atoms with Crippen molar-refractivity contribution >= 4 is 22.7 Å². The van der Waals surface area contributed by atoms with E-state index in [-0.39, 0.29) is 5.41 Å². The zero-order chi connectivity index (χ0) is 14.9. The molecule has 0 aliphatic carbocycles. The van der Waals surface area contributed by atoms with Crippen LogP contribution in [0.4, 0.5) is 5.69 Å². The Morgan fingerprint density at radius 1 is 1.05 bits per heavy atom. The van der Waals surface area contributed by atoms with Gasteiger partial charge in [0.05, 0.1) is 5.41 Å². The molecule has 3 rings (SSSR count). The van der Waals surface area contributed by atoms with E-state index >= 15 is 0 Å². The first-order valence-electron chi connectivity index (χ1n) is 7.84. The first-order chi connectivity index (χ1) is 10.1. The SMILES string of the molecule is CC1=[N+](CCCCc2cccs2)c2ccccc2C1(C)C. The second-order valence-corrected chi connectivity index (χ2v) is 7.45. The lowest BCUT2D eigenvalue weighted by Gasteiger charge is -2.14. The minimum Gasteiger partial charge on any atom is -0.199 e. The number of fused-ring (bicyclic) bond motifs is 1. The van der Waals surface area contributed by atoms with Gasteiger partial charge in [-0.05, 0) is 38.1 Å². The summed E-state index contributed by atoms with van der Waals surface area (Å²) in [6, 6.07) is 13.3. The number of benzene rings is 1. The maximum absolute atomic E-state index is 2.53. The molecule has 0 atom stereocenters. The van der Waals surface area contributed by atoms with Gasteiger partial charge in [-0.25, -0.2) is 0 Å². The Bertz CT molecular complexity index is 650. The molecule has 0 saturated heterocycles. The summed E-state index contributed by atoms with van der Waals surface area (Å²) in [4.78, 5) is 1.51. The van der Waals surface area contributed by atoms with Gasteiger partial charge in [0.25, 0.3) is 0 Å². The van der Waals surface area contributed by atoms with Crippen molar-refractivity contribution in [1.29, 1.82) is 0 Å². The number of unbranched alkanes of at least 4 members (excludes halogenated alkanes) is 1. The lowest BCUT2D eigenvalue weighted by Crippen LogP contribution is -2.26. The van der Waals surface area contributed by atoms with Crippen LogP contribution in [0.1, 0.15) is 44.1 Å². The zero-order valence-electron chi connectivity index (χ0n) is 13.2. The van der Waals surface area contributed by atoms with Gasteiger partial charge in [-0.1, -0.05) is 24.3 Å². The van der Waals surface area contributed by atoms with Crippen LogP contribution in [0, 0.1) is 0 Å². The van der Waals surface area contributed by atoms with E-state index in [1.165, 1.54) is 41.1 Å². The minimum absolute atomic E-state index is 0.171. The van der Waals surface area contributed by atoms with Crippen molar-refractivity contribution in [1.82, 2.24) is 0 Å². The molecule has 1 aromatic carbocycles. The van der Waals surface area contributed by atoms with Crippen molar-refractivity contribution in [2.45, 2.75) is 45.4 Å². The second kappa shape index (κ2) is 5.76. The third-order valence-corrected chi connectivity index (χ3v) is 5.75. The van der Waals surface area contributed by atoms with Crippen LogP contribution in [0.3, 0.4) is 0 Å². The average molecular weight is 298 g/mol. The van der Waals surface area contributed by atoms with Gasteiger partial charge in [0, 0.05) is 29.9 Å². The van der Waals surface area contributed by atoms with Crippen molar-refractivity contribution < 1.29 is 4.58 Å². The van der Waals surface area contributed by atoms with Crippen LogP contribution in [0.2, 0.25) is 0 Å². The van der Waals surface area contributed by atoms with Crippen LogP contribution >= 0.6 is 11.3 Å². The standard InChI is InChI=1S/C19H24NS/c1-15-19(2,3)17-11-4-5-12-18(17)20(15)13-7-6-9-16-10-8-14-21-16/h4-5,8,10-12,14H,6-7,9,13H2,1-3H3/q+1. The molecule has 2 aromatic rings. The monoisotopic (exact) mass is 298 g/mol. The summed E-state index contributed by atoms with van der Waals surface area (Å²) in [6.45, 7) is 8.11. The van der Waals surface area contributed by atoms with E-state index < -0.39 is 0 Å². The number of rotatable bonds is 5. The summed E-state index contributed by atoms with van der Waals surface area (Å²) < 4.78 is 2.53. The van der Waals surface area contributed by atoms with Gasteiger partial charge in [0.15, 0.2) is 5.71 Å². The molecule has 2 heterocycles. The first kappa shape index (κ1) is 14.5. The molecule has 0 radical (unpaired) electrons. The molecular weight excluding hydrogens is 274 g/mol. The second-order valence-electron chi connectivity index (χ2n) is 6.42. The summed E-state index contributed by atoms with van der Waals surface area (Å²) in [5, 5.41) is 2.17. The van der Waals surface area contributed by atoms with E-state index in [0.717, 1.165) is 6.54 Å². The Morgan fingerprint density at radius 3 is 2.62 bits per heavy atom. The smallest absolute Gasteiger partial charge is 0.199 e. The fraction of sp³-hybridized carbons (Fsp3) is 0.421. The van der Waals surface area contributed by atoms with Crippen LogP contribution in [0.25, 0.3) is 0 Å². The average Bonchev–Trinajstić information content (AvgIpc) is 3.05. The molecule has 1 aromatic heterocycles. The van der Waals surface area contributed by atoms with Gasteiger partial charge in [0.1, 0.15) is 6.54 Å². The van der Waals surface area contributed by atoms with Crippen molar-refractivity contribution in [2.24, 2.45) is 0 Å². The largest absolute Gasteiger partial charge is 0.209 e. The molecule has 0 saturated carbocycles. The van der Waals surface area contributed by atoms with Gasteiger partial charge in [-0.15, -0.1) is 11.3 Å². The van der Waals surface area contributed by atoms with Crippen LogP contribution in [0.15, 0.2) is 41.8 Å². The highest BCUT2D eigenvalue weighted by Crippen LogP contribution is 2.39.